The van der Waals surface area contributed by atoms with E-state index in [-0.39, 0.29) is 12.6 Å². The number of likely N-dealkylation sites (N-methyl/N-ethyl adjacent to an activating group) is 1. The van der Waals surface area contributed by atoms with E-state index in [1.54, 1.807) is 7.05 Å². The van der Waals surface area contributed by atoms with Gasteiger partial charge in [0.25, 0.3) is 0 Å². The van der Waals surface area contributed by atoms with Crippen LogP contribution in [0, 0.1) is 5.82 Å². The smallest absolute Gasteiger partial charge is 0.419 e. The van der Waals surface area contributed by atoms with Gasteiger partial charge < -0.3 is 9.64 Å². The van der Waals surface area contributed by atoms with Crippen LogP contribution in [0.25, 0.3) is 0 Å². The second-order valence-electron chi connectivity index (χ2n) is 6.53. The number of ether oxygens (including phenoxy) is 1. The van der Waals surface area contributed by atoms with Gasteiger partial charge in [-0.3, -0.25) is 4.90 Å². The SMILES string of the molecule is CN1C[C@]2(CCCN(Cc3ccc(F)c(C(F)(F)F)c3)C2)OC1=O. The predicted molar refractivity (Wildman–Crippen MR) is 77.8 cm³/mol. The zero-order chi connectivity index (χ0) is 17.5. The van der Waals surface area contributed by atoms with E-state index in [0.29, 0.717) is 25.2 Å². The van der Waals surface area contributed by atoms with Crippen molar-refractivity contribution in [2.75, 3.05) is 26.7 Å². The molecule has 0 aliphatic carbocycles. The second-order valence-corrected chi connectivity index (χ2v) is 6.53. The van der Waals surface area contributed by atoms with E-state index < -0.39 is 23.2 Å². The molecule has 0 aromatic heterocycles. The van der Waals surface area contributed by atoms with Crippen LogP contribution >= 0.6 is 0 Å². The predicted octanol–water partition coefficient (Wildman–Crippen LogP) is 3.26. The van der Waals surface area contributed by atoms with Gasteiger partial charge in [-0.2, -0.15) is 13.2 Å². The van der Waals surface area contributed by atoms with Crippen LogP contribution in [-0.2, 0) is 17.5 Å². The first-order chi connectivity index (χ1) is 11.2. The van der Waals surface area contributed by atoms with Crippen molar-refractivity contribution in [1.29, 1.82) is 0 Å². The van der Waals surface area contributed by atoms with Gasteiger partial charge in [-0.05, 0) is 37.1 Å². The van der Waals surface area contributed by atoms with Crippen molar-refractivity contribution >= 4 is 6.09 Å². The largest absolute Gasteiger partial charge is 0.440 e. The lowest BCUT2D eigenvalue weighted by Gasteiger charge is -2.38. The Labute approximate surface area is 137 Å². The Kier molecular flexibility index (Phi) is 4.19. The van der Waals surface area contributed by atoms with Crippen molar-refractivity contribution in [2.45, 2.75) is 31.2 Å². The number of rotatable bonds is 2. The van der Waals surface area contributed by atoms with E-state index in [4.69, 9.17) is 4.74 Å². The first kappa shape index (κ1) is 17.0. The normalized spacial score (nSPS) is 25.4. The van der Waals surface area contributed by atoms with Crippen molar-refractivity contribution in [2.24, 2.45) is 0 Å². The Morgan fingerprint density at radius 3 is 2.67 bits per heavy atom. The highest BCUT2D eigenvalue weighted by Gasteiger charge is 2.46. The monoisotopic (exact) mass is 346 g/mol. The van der Waals surface area contributed by atoms with Crippen molar-refractivity contribution in [1.82, 2.24) is 9.80 Å². The Morgan fingerprint density at radius 2 is 2.04 bits per heavy atom. The van der Waals surface area contributed by atoms with Crippen LogP contribution in [0.1, 0.15) is 24.0 Å². The summed E-state index contributed by atoms with van der Waals surface area (Å²) in [4.78, 5) is 15.1. The highest BCUT2D eigenvalue weighted by atomic mass is 19.4. The number of hydrogen-bond donors (Lipinski definition) is 0. The number of hydrogen-bond acceptors (Lipinski definition) is 3. The maximum Gasteiger partial charge on any atom is 0.419 e. The molecule has 0 N–H and O–H groups in total. The molecule has 24 heavy (non-hydrogen) atoms. The van der Waals surface area contributed by atoms with Crippen LogP contribution < -0.4 is 0 Å². The van der Waals surface area contributed by atoms with E-state index in [1.807, 2.05) is 4.90 Å². The Balaban J connectivity index is 1.74. The fourth-order valence-corrected chi connectivity index (χ4v) is 3.48. The molecule has 0 unspecified atom stereocenters. The van der Waals surface area contributed by atoms with Gasteiger partial charge in [0.2, 0.25) is 0 Å². The third kappa shape index (κ3) is 3.33. The molecule has 1 aromatic rings. The fourth-order valence-electron chi connectivity index (χ4n) is 3.48. The molecule has 2 fully saturated rings. The van der Waals surface area contributed by atoms with Crippen molar-refractivity contribution in [3.63, 3.8) is 0 Å². The van der Waals surface area contributed by atoms with E-state index in [1.165, 1.54) is 11.0 Å². The van der Waals surface area contributed by atoms with Gasteiger partial charge in [0.15, 0.2) is 0 Å². The molecule has 1 spiro atoms. The lowest BCUT2D eigenvalue weighted by molar-refractivity contribution is -0.140. The third-order valence-electron chi connectivity index (χ3n) is 4.50. The molecule has 1 aromatic carbocycles. The second kappa shape index (κ2) is 5.91. The van der Waals surface area contributed by atoms with Crippen LogP contribution in [0.2, 0.25) is 0 Å². The first-order valence-electron chi connectivity index (χ1n) is 7.71. The summed E-state index contributed by atoms with van der Waals surface area (Å²) < 4.78 is 57.3. The Hall–Kier alpha value is -1.83. The summed E-state index contributed by atoms with van der Waals surface area (Å²) in [6.07, 6.45) is -3.57. The minimum Gasteiger partial charge on any atom is -0.440 e. The molecule has 132 valence electrons. The summed E-state index contributed by atoms with van der Waals surface area (Å²) in [5, 5.41) is 0. The average molecular weight is 346 g/mol. The minimum atomic E-state index is -4.72. The molecule has 0 radical (unpaired) electrons. The maximum absolute atomic E-state index is 13.4. The molecule has 1 amide bonds. The zero-order valence-corrected chi connectivity index (χ0v) is 13.2. The standard InChI is InChI=1S/C16H18F4N2O2/c1-21-9-15(24-14(21)23)5-2-6-22(10-15)8-11-3-4-13(17)12(7-11)16(18,19)20/h3-4,7H,2,5-6,8-10H2,1H3/t15-/m0/s1. The zero-order valence-electron chi connectivity index (χ0n) is 13.2. The average Bonchev–Trinajstić information content (AvgIpc) is 2.74. The summed E-state index contributed by atoms with van der Waals surface area (Å²) in [7, 11) is 1.66. The number of nitrogens with zero attached hydrogens (tertiary/aromatic N) is 2. The van der Waals surface area contributed by atoms with Gasteiger partial charge in [-0.1, -0.05) is 6.07 Å². The highest BCUT2D eigenvalue weighted by Crippen LogP contribution is 2.34. The van der Waals surface area contributed by atoms with E-state index in [0.717, 1.165) is 25.0 Å². The number of alkyl halides is 3. The molecule has 8 heteroatoms. The summed E-state index contributed by atoms with van der Waals surface area (Å²) in [5.41, 5.74) is -1.46. The molecule has 2 aliphatic rings. The van der Waals surface area contributed by atoms with Crippen molar-refractivity contribution in [3.8, 4) is 0 Å². The molecule has 0 bridgehead atoms. The van der Waals surface area contributed by atoms with Gasteiger partial charge in [0.05, 0.1) is 12.1 Å². The van der Waals surface area contributed by atoms with Gasteiger partial charge in [0, 0.05) is 20.1 Å². The van der Waals surface area contributed by atoms with E-state index in [9.17, 15) is 22.4 Å². The number of carbonyl (C=O) groups excluding carboxylic acids is 1. The van der Waals surface area contributed by atoms with Crippen LogP contribution in [0.15, 0.2) is 18.2 Å². The lowest BCUT2D eigenvalue weighted by atomic mass is 9.92. The first-order valence-corrected chi connectivity index (χ1v) is 7.71. The summed E-state index contributed by atoms with van der Waals surface area (Å²) in [6.45, 7) is 1.88. The molecule has 3 rings (SSSR count). The number of halogens is 4. The number of carbonyl (C=O) groups is 1. The summed E-state index contributed by atoms with van der Waals surface area (Å²) in [6, 6.07) is 3.06. The van der Waals surface area contributed by atoms with E-state index in [2.05, 4.69) is 0 Å². The maximum atomic E-state index is 13.4. The van der Waals surface area contributed by atoms with Crippen LogP contribution in [0.4, 0.5) is 22.4 Å². The Bertz CT molecular complexity index is 649. The van der Waals surface area contributed by atoms with E-state index >= 15 is 0 Å². The highest BCUT2D eigenvalue weighted by molar-refractivity contribution is 5.70. The van der Waals surface area contributed by atoms with Crippen molar-refractivity contribution in [3.05, 3.63) is 35.1 Å². The fraction of sp³-hybridized carbons (Fsp3) is 0.562. The van der Waals surface area contributed by atoms with Crippen LogP contribution in [0.5, 0.6) is 0 Å². The van der Waals surface area contributed by atoms with Crippen LogP contribution in [-0.4, -0.2) is 48.2 Å². The lowest BCUT2D eigenvalue weighted by Crippen LogP contribution is -2.50. The molecular weight excluding hydrogens is 328 g/mol. The van der Waals surface area contributed by atoms with Gasteiger partial charge in [0.1, 0.15) is 11.4 Å². The van der Waals surface area contributed by atoms with Gasteiger partial charge >= 0.3 is 12.3 Å². The molecule has 1 atom stereocenters. The molecule has 2 heterocycles. The topological polar surface area (TPSA) is 32.8 Å². The quantitative estimate of drug-likeness (QED) is 0.771. The third-order valence-corrected chi connectivity index (χ3v) is 4.50. The van der Waals surface area contributed by atoms with Crippen molar-refractivity contribution < 1.29 is 27.1 Å². The summed E-state index contributed by atoms with van der Waals surface area (Å²) in [5.74, 6) is -1.27. The minimum absolute atomic E-state index is 0.256. The van der Waals surface area contributed by atoms with Gasteiger partial charge in [-0.25, -0.2) is 9.18 Å². The number of likely N-dealkylation sites (tertiary alicyclic amines) is 1. The number of piperidine rings is 1. The Morgan fingerprint density at radius 1 is 1.29 bits per heavy atom. The summed E-state index contributed by atoms with van der Waals surface area (Å²) >= 11 is 0. The molecule has 4 nitrogen and oxygen atoms in total. The molecule has 2 aliphatic heterocycles. The van der Waals surface area contributed by atoms with Gasteiger partial charge in [-0.15, -0.1) is 0 Å². The molecule has 2 saturated heterocycles. The van der Waals surface area contributed by atoms with Crippen LogP contribution in [0.3, 0.4) is 0 Å². The number of benzene rings is 1. The molecule has 0 saturated carbocycles. The number of amides is 1. The molecular formula is C16H18F4N2O2.